The van der Waals surface area contributed by atoms with Crippen molar-refractivity contribution in [3.8, 4) is 5.06 Å². The largest absolute Gasteiger partial charge is 0.486 e. The van der Waals surface area contributed by atoms with Crippen LogP contribution in [0.15, 0.2) is 30.5 Å². The van der Waals surface area contributed by atoms with Gasteiger partial charge in [0.2, 0.25) is 0 Å². The van der Waals surface area contributed by atoms with E-state index < -0.39 is 0 Å². The SMILES string of the molecule is COc1cnc(NC(=O)NCCC2OCCc3ccccc32)s1. The van der Waals surface area contributed by atoms with Crippen molar-refractivity contribution < 1.29 is 14.3 Å². The molecule has 0 saturated heterocycles. The van der Waals surface area contributed by atoms with E-state index in [2.05, 4.69) is 33.8 Å². The number of hydrogen-bond acceptors (Lipinski definition) is 5. The highest BCUT2D eigenvalue weighted by Gasteiger charge is 2.20. The number of methoxy groups -OCH3 is 1. The molecule has 2 heterocycles. The van der Waals surface area contributed by atoms with Gasteiger partial charge >= 0.3 is 6.03 Å². The first-order valence-electron chi connectivity index (χ1n) is 7.50. The van der Waals surface area contributed by atoms with Crippen LogP contribution in [0, 0.1) is 0 Å². The van der Waals surface area contributed by atoms with E-state index in [1.165, 1.54) is 22.5 Å². The maximum absolute atomic E-state index is 11.9. The zero-order valence-corrected chi connectivity index (χ0v) is 13.7. The zero-order valence-electron chi connectivity index (χ0n) is 12.9. The summed E-state index contributed by atoms with van der Waals surface area (Å²) in [5, 5.41) is 6.69. The van der Waals surface area contributed by atoms with Crippen LogP contribution in [0.1, 0.15) is 23.7 Å². The van der Waals surface area contributed by atoms with Crippen LogP contribution in [-0.4, -0.2) is 31.3 Å². The average molecular weight is 333 g/mol. The molecule has 1 aliphatic rings. The number of ether oxygens (including phenoxy) is 2. The summed E-state index contributed by atoms with van der Waals surface area (Å²) in [4.78, 5) is 15.9. The van der Waals surface area contributed by atoms with Crippen molar-refractivity contribution >= 4 is 22.5 Å². The normalized spacial score (nSPS) is 16.5. The second-order valence-corrected chi connectivity index (χ2v) is 6.16. The highest BCUT2D eigenvalue weighted by atomic mass is 32.1. The number of nitrogens with zero attached hydrogens (tertiary/aromatic N) is 1. The highest BCUT2D eigenvalue weighted by Crippen LogP contribution is 2.29. The predicted octanol–water partition coefficient (Wildman–Crippen LogP) is 2.98. The number of rotatable bonds is 5. The molecular weight excluding hydrogens is 314 g/mol. The Morgan fingerprint density at radius 3 is 3.17 bits per heavy atom. The lowest BCUT2D eigenvalue weighted by atomic mass is 9.96. The third kappa shape index (κ3) is 4.00. The Hall–Kier alpha value is -2.12. The van der Waals surface area contributed by atoms with E-state index in [1.54, 1.807) is 13.3 Å². The minimum Gasteiger partial charge on any atom is -0.486 e. The Morgan fingerprint density at radius 1 is 1.48 bits per heavy atom. The standard InChI is InChI=1S/C16H19N3O3S/c1-21-14-10-18-16(23-14)19-15(20)17-8-6-13-12-5-3-2-4-11(12)7-9-22-13/h2-5,10,13H,6-9H2,1H3,(H2,17,18,19,20). The maximum Gasteiger partial charge on any atom is 0.321 e. The molecule has 0 spiro atoms. The summed E-state index contributed by atoms with van der Waals surface area (Å²) < 4.78 is 10.9. The first-order chi connectivity index (χ1) is 11.3. The third-order valence-electron chi connectivity index (χ3n) is 3.69. The second kappa shape index (κ2) is 7.43. The van der Waals surface area contributed by atoms with E-state index in [4.69, 9.17) is 9.47 Å². The van der Waals surface area contributed by atoms with E-state index in [1.807, 2.05) is 6.07 Å². The lowest BCUT2D eigenvalue weighted by Crippen LogP contribution is -2.31. The number of carbonyl (C=O) groups is 1. The molecule has 122 valence electrons. The number of aromatic nitrogens is 1. The van der Waals surface area contributed by atoms with Crippen molar-refractivity contribution in [3.63, 3.8) is 0 Å². The summed E-state index contributed by atoms with van der Waals surface area (Å²) >= 11 is 1.28. The van der Waals surface area contributed by atoms with Crippen molar-refractivity contribution in [2.75, 3.05) is 25.6 Å². The van der Waals surface area contributed by atoms with E-state index in [9.17, 15) is 4.79 Å². The van der Waals surface area contributed by atoms with Crippen molar-refractivity contribution in [3.05, 3.63) is 41.6 Å². The van der Waals surface area contributed by atoms with Crippen LogP contribution >= 0.6 is 11.3 Å². The lowest BCUT2D eigenvalue weighted by molar-refractivity contribution is 0.0373. The van der Waals surface area contributed by atoms with Gasteiger partial charge in [-0.3, -0.25) is 5.32 Å². The quantitative estimate of drug-likeness (QED) is 0.882. The van der Waals surface area contributed by atoms with Gasteiger partial charge in [0.1, 0.15) is 0 Å². The van der Waals surface area contributed by atoms with Crippen LogP contribution in [0.5, 0.6) is 5.06 Å². The lowest BCUT2D eigenvalue weighted by Gasteiger charge is -2.26. The van der Waals surface area contributed by atoms with Crippen molar-refractivity contribution in [2.24, 2.45) is 0 Å². The molecule has 1 aromatic carbocycles. The summed E-state index contributed by atoms with van der Waals surface area (Å²) in [5.74, 6) is 0. The molecular formula is C16H19N3O3S. The van der Waals surface area contributed by atoms with E-state index in [0.717, 1.165) is 19.4 Å². The predicted molar refractivity (Wildman–Crippen MR) is 89.1 cm³/mol. The highest BCUT2D eigenvalue weighted by molar-refractivity contribution is 7.17. The Kier molecular flexibility index (Phi) is 5.09. The average Bonchev–Trinajstić information content (AvgIpc) is 3.02. The monoisotopic (exact) mass is 333 g/mol. The topological polar surface area (TPSA) is 72.5 Å². The van der Waals surface area contributed by atoms with Gasteiger partial charge < -0.3 is 14.8 Å². The van der Waals surface area contributed by atoms with Crippen LogP contribution < -0.4 is 15.4 Å². The number of fused-ring (bicyclic) bond motifs is 1. The molecule has 7 heteroatoms. The fraction of sp³-hybridized carbons (Fsp3) is 0.375. The number of urea groups is 1. The first kappa shape index (κ1) is 15.8. The Labute approximate surface area is 138 Å². The van der Waals surface area contributed by atoms with Gasteiger partial charge in [0, 0.05) is 6.54 Å². The number of benzene rings is 1. The molecule has 0 aliphatic carbocycles. The number of hydrogen-bond donors (Lipinski definition) is 2. The van der Waals surface area contributed by atoms with Gasteiger partial charge in [0.05, 0.1) is 26.0 Å². The number of carbonyl (C=O) groups excluding carboxylic acids is 1. The molecule has 2 N–H and O–H groups in total. The summed E-state index contributed by atoms with van der Waals surface area (Å²) in [6, 6.07) is 8.04. The molecule has 1 aliphatic heterocycles. The van der Waals surface area contributed by atoms with Crippen molar-refractivity contribution in [1.29, 1.82) is 0 Å². The molecule has 1 atom stereocenters. The molecule has 2 aromatic rings. The summed E-state index contributed by atoms with van der Waals surface area (Å²) in [6.07, 6.45) is 3.31. The minimum absolute atomic E-state index is 0.0419. The molecule has 6 nitrogen and oxygen atoms in total. The van der Waals surface area contributed by atoms with Crippen LogP contribution in [0.2, 0.25) is 0 Å². The fourth-order valence-corrected chi connectivity index (χ4v) is 3.21. The molecule has 2 amide bonds. The van der Waals surface area contributed by atoms with Crippen LogP contribution in [0.4, 0.5) is 9.93 Å². The molecule has 3 rings (SSSR count). The molecule has 23 heavy (non-hydrogen) atoms. The van der Waals surface area contributed by atoms with Gasteiger partial charge in [-0.2, -0.15) is 0 Å². The summed E-state index contributed by atoms with van der Waals surface area (Å²) in [6.45, 7) is 1.26. The number of anilines is 1. The number of thiazole rings is 1. The zero-order chi connectivity index (χ0) is 16.1. The van der Waals surface area contributed by atoms with Crippen molar-refractivity contribution in [2.45, 2.75) is 18.9 Å². The second-order valence-electron chi connectivity index (χ2n) is 5.17. The van der Waals surface area contributed by atoms with Gasteiger partial charge in [-0.1, -0.05) is 35.6 Å². The minimum atomic E-state index is -0.272. The Balaban J connectivity index is 1.47. The van der Waals surface area contributed by atoms with Gasteiger partial charge in [-0.15, -0.1) is 0 Å². The molecule has 0 saturated carbocycles. The molecule has 1 unspecified atom stereocenters. The molecule has 0 fully saturated rings. The van der Waals surface area contributed by atoms with Crippen LogP contribution in [-0.2, 0) is 11.2 Å². The number of nitrogens with one attached hydrogen (secondary N) is 2. The van der Waals surface area contributed by atoms with Crippen molar-refractivity contribution in [1.82, 2.24) is 10.3 Å². The molecule has 0 bridgehead atoms. The Morgan fingerprint density at radius 2 is 2.35 bits per heavy atom. The molecule has 1 aromatic heterocycles. The first-order valence-corrected chi connectivity index (χ1v) is 8.32. The fourth-order valence-electron chi connectivity index (χ4n) is 2.59. The third-order valence-corrected chi connectivity index (χ3v) is 4.56. The smallest absolute Gasteiger partial charge is 0.321 e. The summed E-state index contributed by atoms with van der Waals surface area (Å²) in [5.41, 5.74) is 2.56. The number of amides is 2. The summed E-state index contributed by atoms with van der Waals surface area (Å²) in [7, 11) is 1.57. The van der Waals surface area contributed by atoms with Crippen LogP contribution in [0.3, 0.4) is 0 Å². The van der Waals surface area contributed by atoms with E-state index >= 15 is 0 Å². The van der Waals surface area contributed by atoms with Gasteiger partial charge in [-0.25, -0.2) is 9.78 Å². The Bertz CT molecular complexity index is 674. The van der Waals surface area contributed by atoms with Crippen LogP contribution in [0.25, 0.3) is 0 Å². The van der Waals surface area contributed by atoms with Gasteiger partial charge in [-0.05, 0) is 24.0 Å². The van der Waals surface area contributed by atoms with Gasteiger partial charge in [0.15, 0.2) is 10.2 Å². The maximum atomic E-state index is 11.9. The van der Waals surface area contributed by atoms with E-state index in [0.29, 0.717) is 16.7 Å². The van der Waals surface area contributed by atoms with E-state index in [-0.39, 0.29) is 12.1 Å². The molecule has 0 radical (unpaired) electrons. The van der Waals surface area contributed by atoms with Gasteiger partial charge in [0.25, 0.3) is 0 Å².